The van der Waals surface area contributed by atoms with E-state index in [9.17, 15) is 5.11 Å². The molecule has 2 heterocycles. The van der Waals surface area contributed by atoms with Crippen molar-refractivity contribution >= 4 is 0 Å². The van der Waals surface area contributed by atoms with Crippen LogP contribution in [-0.4, -0.2) is 35.7 Å². The summed E-state index contributed by atoms with van der Waals surface area (Å²) in [5, 5.41) is 13.2. The van der Waals surface area contributed by atoms with Gasteiger partial charge in [0.25, 0.3) is 0 Å². The minimum absolute atomic E-state index is 0.437. The van der Waals surface area contributed by atoms with E-state index in [0.29, 0.717) is 11.8 Å². The lowest BCUT2D eigenvalue weighted by Crippen LogP contribution is -2.49. The Hall–Kier alpha value is -1.06. The Morgan fingerprint density at radius 1 is 1.38 bits per heavy atom. The molecule has 0 saturated carbocycles. The van der Waals surface area contributed by atoms with Gasteiger partial charge in [-0.15, -0.1) is 0 Å². The van der Waals surface area contributed by atoms with Crippen LogP contribution in [0, 0.1) is 0 Å². The highest BCUT2D eigenvalue weighted by atomic mass is 16.3. The number of nitrogens with zero attached hydrogens (tertiary/aromatic N) is 1. The third-order valence-corrected chi connectivity index (χ3v) is 3.71. The number of benzene rings is 1. The summed E-state index contributed by atoms with van der Waals surface area (Å²) in [5.74, 6) is 0.437. The summed E-state index contributed by atoms with van der Waals surface area (Å²) < 4.78 is 0. The first-order valence-corrected chi connectivity index (χ1v) is 6.08. The third kappa shape index (κ3) is 1.81. The van der Waals surface area contributed by atoms with Crippen molar-refractivity contribution in [2.75, 3.05) is 19.6 Å². The Kier molecular flexibility index (Phi) is 2.58. The molecule has 1 saturated heterocycles. The van der Waals surface area contributed by atoms with Gasteiger partial charge in [-0.25, -0.2) is 0 Å². The Balaban J connectivity index is 1.70. The molecular formula is C13H18N2O. The SMILES string of the molecule is Oc1cccc2c1CNC(CN1CCC1)C2. The molecule has 1 aromatic carbocycles. The zero-order valence-corrected chi connectivity index (χ0v) is 9.45. The summed E-state index contributed by atoms with van der Waals surface area (Å²) in [6.07, 6.45) is 2.39. The number of phenols is 1. The first-order chi connectivity index (χ1) is 7.83. The predicted octanol–water partition coefficient (Wildman–Crippen LogP) is 1.11. The van der Waals surface area contributed by atoms with Gasteiger partial charge in [0, 0.05) is 24.7 Å². The average Bonchev–Trinajstić information content (AvgIpc) is 2.24. The molecule has 0 aliphatic carbocycles. The smallest absolute Gasteiger partial charge is 0.120 e. The van der Waals surface area contributed by atoms with Gasteiger partial charge in [0.15, 0.2) is 0 Å². The number of aromatic hydroxyl groups is 1. The van der Waals surface area contributed by atoms with E-state index in [0.717, 1.165) is 25.1 Å². The van der Waals surface area contributed by atoms with Crippen LogP contribution in [0.3, 0.4) is 0 Å². The normalized spacial score (nSPS) is 24.9. The molecule has 0 radical (unpaired) electrons. The monoisotopic (exact) mass is 218 g/mol. The summed E-state index contributed by atoms with van der Waals surface area (Å²) in [6, 6.07) is 6.41. The van der Waals surface area contributed by atoms with Crippen molar-refractivity contribution in [3.05, 3.63) is 29.3 Å². The van der Waals surface area contributed by atoms with Crippen LogP contribution in [0.15, 0.2) is 18.2 Å². The third-order valence-electron chi connectivity index (χ3n) is 3.71. The molecule has 0 amide bonds. The van der Waals surface area contributed by atoms with Gasteiger partial charge in [-0.05, 0) is 37.6 Å². The van der Waals surface area contributed by atoms with Crippen molar-refractivity contribution in [1.82, 2.24) is 10.2 Å². The first kappa shape index (κ1) is 10.1. The second-order valence-corrected chi connectivity index (χ2v) is 4.85. The van der Waals surface area contributed by atoms with Crippen molar-refractivity contribution in [3.63, 3.8) is 0 Å². The molecule has 1 aromatic rings. The maximum Gasteiger partial charge on any atom is 0.120 e. The first-order valence-electron chi connectivity index (χ1n) is 6.08. The number of rotatable bonds is 2. The number of likely N-dealkylation sites (tertiary alicyclic amines) is 1. The molecule has 2 aliphatic rings. The number of phenolic OH excluding ortho intramolecular Hbond substituents is 1. The van der Waals surface area contributed by atoms with E-state index in [-0.39, 0.29) is 0 Å². The van der Waals surface area contributed by atoms with Crippen LogP contribution in [0.25, 0.3) is 0 Å². The van der Waals surface area contributed by atoms with E-state index in [1.807, 2.05) is 6.07 Å². The van der Waals surface area contributed by atoms with Gasteiger partial charge in [-0.1, -0.05) is 12.1 Å². The Morgan fingerprint density at radius 2 is 2.25 bits per heavy atom. The van der Waals surface area contributed by atoms with Gasteiger partial charge in [-0.2, -0.15) is 0 Å². The molecule has 0 bridgehead atoms. The highest BCUT2D eigenvalue weighted by molar-refractivity contribution is 5.41. The van der Waals surface area contributed by atoms with Crippen LogP contribution in [0.5, 0.6) is 5.75 Å². The van der Waals surface area contributed by atoms with Crippen LogP contribution in [0.2, 0.25) is 0 Å². The summed E-state index contributed by atoms with van der Waals surface area (Å²) in [4.78, 5) is 2.49. The van der Waals surface area contributed by atoms with Crippen molar-refractivity contribution in [2.45, 2.75) is 25.4 Å². The van der Waals surface area contributed by atoms with Gasteiger partial charge in [0.2, 0.25) is 0 Å². The quantitative estimate of drug-likeness (QED) is 0.780. The number of hydrogen-bond donors (Lipinski definition) is 2. The van der Waals surface area contributed by atoms with E-state index in [1.165, 1.54) is 25.1 Å². The molecule has 3 nitrogen and oxygen atoms in total. The highest BCUT2D eigenvalue weighted by Crippen LogP contribution is 2.25. The van der Waals surface area contributed by atoms with Gasteiger partial charge in [-0.3, -0.25) is 0 Å². The Bertz CT molecular complexity index is 388. The van der Waals surface area contributed by atoms with E-state index in [1.54, 1.807) is 6.07 Å². The lowest BCUT2D eigenvalue weighted by atomic mass is 9.94. The van der Waals surface area contributed by atoms with E-state index < -0.39 is 0 Å². The molecule has 2 aliphatic heterocycles. The van der Waals surface area contributed by atoms with Crippen LogP contribution in [-0.2, 0) is 13.0 Å². The van der Waals surface area contributed by atoms with Crippen LogP contribution >= 0.6 is 0 Å². The molecule has 0 spiro atoms. The topological polar surface area (TPSA) is 35.5 Å². The minimum Gasteiger partial charge on any atom is -0.508 e. The van der Waals surface area contributed by atoms with Gasteiger partial charge < -0.3 is 15.3 Å². The largest absolute Gasteiger partial charge is 0.508 e. The van der Waals surface area contributed by atoms with Crippen LogP contribution in [0.1, 0.15) is 17.5 Å². The molecule has 3 rings (SSSR count). The predicted molar refractivity (Wildman–Crippen MR) is 63.5 cm³/mol. The number of nitrogens with one attached hydrogen (secondary N) is 1. The van der Waals surface area contributed by atoms with Crippen molar-refractivity contribution < 1.29 is 5.11 Å². The zero-order chi connectivity index (χ0) is 11.0. The second-order valence-electron chi connectivity index (χ2n) is 4.85. The van der Waals surface area contributed by atoms with Gasteiger partial charge in [0.05, 0.1) is 0 Å². The lowest BCUT2D eigenvalue weighted by Gasteiger charge is -2.36. The Labute approximate surface area is 96.1 Å². The molecule has 3 heteroatoms. The summed E-state index contributed by atoms with van der Waals surface area (Å²) in [6.45, 7) is 4.46. The number of fused-ring (bicyclic) bond motifs is 1. The minimum atomic E-state index is 0.437. The van der Waals surface area contributed by atoms with Crippen molar-refractivity contribution in [3.8, 4) is 5.75 Å². The molecule has 2 N–H and O–H groups in total. The molecule has 86 valence electrons. The standard InChI is InChI=1S/C13H18N2O/c16-13-4-1-3-10-7-11(14-8-12(10)13)9-15-5-2-6-15/h1,3-4,11,14,16H,2,5-9H2. The van der Waals surface area contributed by atoms with Crippen LogP contribution in [0.4, 0.5) is 0 Å². The highest BCUT2D eigenvalue weighted by Gasteiger charge is 2.23. The Morgan fingerprint density at radius 3 is 3.00 bits per heavy atom. The summed E-state index contributed by atoms with van der Waals surface area (Å²) in [5.41, 5.74) is 2.40. The summed E-state index contributed by atoms with van der Waals surface area (Å²) in [7, 11) is 0. The fraction of sp³-hybridized carbons (Fsp3) is 0.538. The molecule has 0 aromatic heterocycles. The van der Waals surface area contributed by atoms with E-state index >= 15 is 0 Å². The van der Waals surface area contributed by atoms with Crippen molar-refractivity contribution in [2.24, 2.45) is 0 Å². The maximum absolute atomic E-state index is 9.73. The van der Waals surface area contributed by atoms with Gasteiger partial charge in [0.1, 0.15) is 5.75 Å². The lowest BCUT2D eigenvalue weighted by molar-refractivity contribution is 0.158. The zero-order valence-electron chi connectivity index (χ0n) is 9.45. The fourth-order valence-corrected chi connectivity index (χ4v) is 2.61. The van der Waals surface area contributed by atoms with Crippen molar-refractivity contribution in [1.29, 1.82) is 0 Å². The molecule has 1 fully saturated rings. The number of hydrogen-bond acceptors (Lipinski definition) is 3. The molecular weight excluding hydrogens is 200 g/mol. The van der Waals surface area contributed by atoms with E-state index in [4.69, 9.17) is 0 Å². The van der Waals surface area contributed by atoms with Crippen LogP contribution < -0.4 is 5.32 Å². The molecule has 16 heavy (non-hydrogen) atoms. The average molecular weight is 218 g/mol. The second kappa shape index (κ2) is 4.07. The fourth-order valence-electron chi connectivity index (χ4n) is 2.61. The summed E-state index contributed by atoms with van der Waals surface area (Å²) >= 11 is 0. The van der Waals surface area contributed by atoms with E-state index in [2.05, 4.69) is 16.3 Å². The molecule has 1 unspecified atom stereocenters. The molecule has 1 atom stereocenters. The maximum atomic E-state index is 9.73. The van der Waals surface area contributed by atoms with Gasteiger partial charge >= 0.3 is 0 Å².